The predicted molar refractivity (Wildman–Crippen MR) is 70.4 cm³/mol. The first-order valence-electron chi connectivity index (χ1n) is 6.71. The highest BCUT2D eigenvalue weighted by Gasteiger charge is 2.21. The summed E-state index contributed by atoms with van der Waals surface area (Å²) in [6, 6.07) is 0.441. The quantitative estimate of drug-likeness (QED) is 0.868. The SMILES string of the molecule is CCN(CC1CCCCN1)C(=O)c1cncn1C. The number of piperidine rings is 1. The minimum Gasteiger partial charge on any atom is -0.336 e. The van der Waals surface area contributed by atoms with E-state index >= 15 is 0 Å². The Hall–Kier alpha value is -1.36. The molecule has 0 aliphatic carbocycles. The van der Waals surface area contributed by atoms with E-state index in [1.165, 1.54) is 12.8 Å². The molecule has 0 bridgehead atoms. The number of imidazole rings is 1. The first-order chi connectivity index (χ1) is 8.72. The van der Waals surface area contributed by atoms with Crippen molar-refractivity contribution in [2.45, 2.75) is 32.2 Å². The summed E-state index contributed by atoms with van der Waals surface area (Å²) in [5, 5.41) is 3.48. The minimum atomic E-state index is 0.0740. The van der Waals surface area contributed by atoms with Gasteiger partial charge in [0.15, 0.2) is 0 Å². The summed E-state index contributed by atoms with van der Waals surface area (Å²) in [6.45, 7) is 4.63. The average Bonchev–Trinajstić information content (AvgIpc) is 2.82. The summed E-state index contributed by atoms with van der Waals surface area (Å²) in [5.41, 5.74) is 0.660. The summed E-state index contributed by atoms with van der Waals surface area (Å²) < 4.78 is 1.78. The lowest BCUT2D eigenvalue weighted by Crippen LogP contribution is -2.46. The van der Waals surface area contributed by atoms with Gasteiger partial charge >= 0.3 is 0 Å². The summed E-state index contributed by atoms with van der Waals surface area (Å²) in [6.07, 6.45) is 6.97. The molecule has 0 radical (unpaired) electrons. The van der Waals surface area contributed by atoms with E-state index < -0.39 is 0 Å². The lowest BCUT2D eigenvalue weighted by atomic mass is 10.0. The molecular weight excluding hydrogens is 228 g/mol. The second-order valence-corrected chi connectivity index (χ2v) is 4.88. The van der Waals surface area contributed by atoms with Gasteiger partial charge in [-0.2, -0.15) is 0 Å². The predicted octanol–water partition coefficient (Wildman–Crippen LogP) is 1.02. The van der Waals surface area contributed by atoms with Crippen molar-refractivity contribution in [3.63, 3.8) is 0 Å². The summed E-state index contributed by atoms with van der Waals surface area (Å²) in [5.74, 6) is 0.0740. The van der Waals surface area contributed by atoms with Crippen molar-refractivity contribution >= 4 is 5.91 Å². The number of amides is 1. The molecule has 1 saturated heterocycles. The molecule has 5 nitrogen and oxygen atoms in total. The molecule has 1 unspecified atom stereocenters. The van der Waals surface area contributed by atoms with Crippen LogP contribution in [-0.4, -0.2) is 46.0 Å². The number of hydrogen-bond donors (Lipinski definition) is 1. The van der Waals surface area contributed by atoms with Crippen LogP contribution in [0, 0.1) is 0 Å². The van der Waals surface area contributed by atoms with Crippen molar-refractivity contribution in [3.05, 3.63) is 18.2 Å². The summed E-state index contributed by atoms with van der Waals surface area (Å²) >= 11 is 0. The molecule has 18 heavy (non-hydrogen) atoms. The van der Waals surface area contributed by atoms with Crippen LogP contribution in [0.25, 0.3) is 0 Å². The Morgan fingerprint density at radius 2 is 2.44 bits per heavy atom. The van der Waals surface area contributed by atoms with Crippen LogP contribution < -0.4 is 5.32 Å². The molecule has 1 atom stereocenters. The molecular formula is C13H22N4O. The Bertz CT molecular complexity index is 395. The monoisotopic (exact) mass is 250 g/mol. The van der Waals surface area contributed by atoms with Crippen LogP contribution in [0.15, 0.2) is 12.5 Å². The topological polar surface area (TPSA) is 50.2 Å². The van der Waals surface area contributed by atoms with Crippen LogP contribution in [0.4, 0.5) is 0 Å². The number of carbonyl (C=O) groups is 1. The lowest BCUT2D eigenvalue weighted by Gasteiger charge is -2.30. The zero-order valence-corrected chi connectivity index (χ0v) is 11.2. The fraction of sp³-hybridized carbons (Fsp3) is 0.692. The highest BCUT2D eigenvalue weighted by Crippen LogP contribution is 2.10. The van der Waals surface area contributed by atoms with E-state index in [0.29, 0.717) is 11.7 Å². The molecule has 0 saturated carbocycles. The molecule has 0 aromatic carbocycles. The van der Waals surface area contributed by atoms with Crippen molar-refractivity contribution in [2.24, 2.45) is 7.05 Å². The second-order valence-electron chi connectivity index (χ2n) is 4.88. The highest BCUT2D eigenvalue weighted by atomic mass is 16.2. The molecule has 1 aromatic heterocycles. The first-order valence-corrected chi connectivity index (χ1v) is 6.71. The van der Waals surface area contributed by atoms with Gasteiger partial charge in [0.2, 0.25) is 0 Å². The van der Waals surface area contributed by atoms with E-state index in [0.717, 1.165) is 26.1 Å². The normalized spacial score (nSPS) is 19.8. The standard InChI is InChI=1S/C13H22N4O/c1-3-17(9-11-6-4-5-7-15-11)13(18)12-8-14-10-16(12)2/h8,10-11,15H,3-7,9H2,1-2H3. The molecule has 1 aromatic rings. The molecule has 2 heterocycles. The second kappa shape index (κ2) is 6.00. The van der Waals surface area contributed by atoms with Crippen molar-refractivity contribution in [1.82, 2.24) is 19.8 Å². The molecule has 2 rings (SSSR count). The van der Waals surface area contributed by atoms with Gasteiger partial charge in [-0.3, -0.25) is 4.79 Å². The highest BCUT2D eigenvalue weighted by molar-refractivity contribution is 5.92. The number of nitrogens with one attached hydrogen (secondary N) is 1. The van der Waals surface area contributed by atoms with Crippen molar-refractivity contribution in [2.75, 3.05) is 19.6 Å². The van der Waals surface area contributed by atoms with E-state index in [4.69, 9.17) is 0 Å². The lowest BCUT2D eigenvalue weighted by molar-refractivity contribution is 0.0732. The Morgan fingerprint density at radius 3 is 3.00 bits per heavy atom. The van der Waals surface area contributed by atoms with Crippen molar-refractivity contribution < 1.29 is 4.79 Å². The van der Waals surface area contributed by atoms with E-state index in [9.17, 15) is 4.79 Å². The Labute approximate surface area is 108 Å². The molecule has 0 spiro atoms. The van der Waals surface area contributed by atoms with Gasteiger partial charge in [-0.05, 0) is 26.3 Å². The van der Waals surface area contributed by atoms with Gasteiger partial charge in [0, 0.05) is 26.2 Å². The molecule has 1 N–H and O–H groups in total. The van der Waals surface area contributed by atoms with Gasteiger partial charge in [0.25, 0.3) is 5.91 Å². The van der Waals surface area contributed by atoms with Gasteiger partial charge in [0.05, 0.1) is 12.5 Å². The minimum absolute atomic E-state index is 0.0740. The van der Waals surface area contributed by atoms with Crippen LogP contribution in [0.1, 0.15) is 36.7 Å². The molecule has 100 valence electrons. The number of aryl methyl sites for hydroxylation is 1. The summed E-state index contributed by atoms with van der Waals surface area (Å²) in [4.78, 5) is 18.3. The van der Waals surface area contributed by atoms with E-state index in [2.05, 4.69) is 10.3 Å². The first kappa shape index (κ1) is 13.1. The van der Waals surface area contributed by atoms with Crippen molar-refractivity contribution in [3.8, 4) is 0 Å². The van der Waals surface area contributed by atoms with Gasteiger partial charge in [-0.1, -0.05) is 6.42 Å². The third-order valence-electron chi connectivity index (χ3n) is 3.56. The van der Waals surface area contributed by atoms with Crippen LogP contribution in [0.5, 0.6) is 0 Å². The van der Waals surface area contributed by atoms with Gasteiger partial charge in [-0.25, -0.2) is 4.98 Å². The maximum atomic E-state index is 12.4. The van der Waals surface area contributed by atoms with Crippen molar-refractivity contribution in [1.29, 1.82) is 0 Å². The van der Waals surface area contributed by atoms with Gasteiger partial charge < -0.3 is 14.8 Å². The smallest absolute Gasteiger partial charge is 0.272 e. The maximum Gasteiger partial charge on any atom is 0.272 e. The summed E-state index contributed by atoms with van der Waals surface area (Å²) in [7, 11) is 1.85. The number of rotatable bonds is 4. The van der Waals surface area contributed by atoms with Crippen LogP contribution in [-0.2, 0) is 7.05 Å². The number of nitrogens with zero attached hydrogens (tertiary/aromatic N) is 3. The van der Waals surface area contributed by atoms with Gasteiger partial charge in [0.1, 0.15) is 5.69 Å². The van der Waals surface area contributed by atoms with E-state index in [1.807, 2.05) is 18.9 Å². The zero-order chi connectivity index (χ0) is 13.0. The molecule has 1 fully saturated rings. The third-order valence-corrected chi connectivity index (χ3v) is 3.56. The third kappa shape index (κ3) is 2.90. The van der Waals surface area contributed by atoms with Crippen LogP contribution in [0.3, 0.4) is 0 Å². The Kier molecular flexibility index (Phi) is 4.36. The number of hydrogen-bond acceptors (Lipinski definition) is 3. The molecule has 1 aliphatic heterocycles. The average molecular weight is 250 g/mol. The molecule has 5 heteroatoms. The fourth-order valence-electron chi connectivity index (χ4n) is 2.43. The molecule has 1 amide bonds. The number of likely N-dealkylation sites (N-methyl/N-ethyl adjacent to an activating group) is 1. The van der Waals surface area contributed by atoms with E-state index in [-0.39, 0.29) is 5.91 Å². The van der Waals surface area contributed by atoms with Crippen LogP contribution in [0.2, 0.25) is 0 Å². The number of carbonyl (C=O) groups excluding carboxylic acids is 1. The molecule has 1 aliphatic rings. The maximum absolute atomic E-state index is 12.4. The van der Waals surface area contributed by atoms with E-state index in [1.54, 1.807) is 17.1 Å². The van der Waals surface area contributed by atoms with Gasteiger partial charge in [-0.15, -0.1) is 0 Å². The fourth-order valence-corrected chi connectivity index (χ4v) is 2.43. The number of aromatic nitrogens is 2. The van der Waals surface area contributed by atoms with Crippen LogP contribution >= 0.6 is 0 Å². The zero-order valence-electron chi connectivity index (χ0n) is 11.2. The Morgan fingerprint density at radius 1 is 1.61 bits per heavy atom. The Balaban J connectivity index is 1.99. The largest absolute Gasteiger partial charge is 0.336 e.